The maximum atomic E-state index is 5.36. The van der Waals surface area contributed by atoms with Crippen molar-refractivity contribution in [2.24, 2.45) is 0 Å². The van der Waals surface area contributed by atoms with Crippen molar-refractivity contribution >= 4 is 75.3 Å². The second kappa shape index (κ2) is 12.5. The van der Waals surface area contributed by atoms with E-state index in [2.05, 4.69) is 154 Å². The van der Waals surface area contributed by atoms with E-state index < -0.39 is 0 Å². The molecule has 0 aliphatic carbocycles. The number of rotatable bonds is 5. The van der Waals surface area contributed by atoms with Crippen LogP contribution in [0.3, 0.4) is 0 Å². The first-order valence-corrected chi connectivity index (χ1v) is 19.7. The van der Waals surface area contributed by atoms with Gasteiger partial charge in [-0.25, -0.2) is 15.0 Å². The molecule has 266 valence electrons. The van der Waals surface area contributed by atoms with Crippen LogP contribution in [-0.2, 0) is 0 Å². The van der Waals surface area contributed by atoms with Crippen LogP contribution in [0.5, 0.6) is 0 Å². The minimum absolute atomic E-state index is 0.551. The Balaban J connectivity index is 1.25. The van der Waals surface area contributed by atoms with Crippen LogP contribution in [0.2, 0.25) is 0 Å². The smallest absolute Gasteiger partial charge is 0.238 e. The lowest BCUT2D eigenvalue weighted by Gasteiger charge is -2.13. The summed E-state index contributed by atoms with van der Waals surface area (Å²) in [5.74, 6) is 1.76. The van der Waals surface area contributed by atoms with Crippen molar-refractivity contribution < 1.29 is 0 Å². The van der Waals surface area contributed by atoms with Crippen LogP contribution in [-0.4, -0.2) is 34.1 Å². The minimum Gasteiger partial charge on any atom is -0.308 e. The molecule has 12 rings (SSSR count). The van der Waals surface area contributed by atoms with Crippen LogP contribution in [0, 0.1) is 0 Å². The Bertz CT molecular complexity index is 3500. The quantitative estimate of drug-likeness (QED) is 0.175. The Morgan fingerprint density at radius 1 is 0.439 bits per heavy atom. The van der Waals surface area contributed by atoms with Gasteiger partial charge in [0.1, 0.15) is 6.33 Å². The molecule has 7 nitrogen and oxygen atoms in total. The van der Waals surface area contributed by atoms with Gasteiger partial charge in [-0.2, -0.15) is 9.97 Å². The van der Waals surface area contributed by atoms with Gasteiger partial charge < -0.3 is 4.57 Å². The third-order valence-corrected chi connectivity index (χ3v) is 12.1. The number of benzene rings is 7. The van der Waals surface area contributed by atoms with Crippen molar-refractivity contribution in [2.45, 2.75) is 0 Å². The van der Waals surface area contributed by atoms with Crippen LogP contribution in [0.1, 0.15) is 0 Å². The Morgan fingerprint density at radius 3 is 1.67 bits per heavy atom. The molecule has 0 atom stereocenters. The monoisotopic (exact) mass is 747 g/mol. The lowest BCUT2D eigenvalue weighted by Crippen LogP contribution is -2.06. The van der Waals surface area contributed by atoms with Crippen LogP contribution >= 0.6 is 11.3 Å². The lowest BCUT2D eigenvalue weighted by atomic mass is 10.0. The zero-order valence-electron chi connectivity index (χ0n) is 30.3. The van der Waals surface area contributed by atoms with E-state index in [9.17, 15) is 0 Å². The van der Waals surface area contributed by atoms with E-state index >= 15 is 0 Å². The Kier molecular flexibility index (Phi) is 6.96. The van der Waals surface area contributed by atoms with Gasteiger partial charge in [0.25, 0.3) is 0 Å². The standard InChI is InChI=1S/C49H29N7S/c1-4-14-30(15-5-1)31-24-26-33(27-25-31)48-52-47(32-16-6-2-7-17-32)53-49(54-48)56-38-23-13-11-21-36(38)41-44(56)40-35-20-10-12-22-37(35)55(34-18-8-3-9-19-34)45(40)42-43-39(57-46(41)42)28-50-29-51-43/h1-29H. The topological polar surface area (TPSA) is 74.3 Å². The average Bonchev–Trinajstić information content (AvgIpc) is 3.95. The molecule has 0 amide bonds. The van der Waals surface area contributed by atoms with Gasteiger partial charge in [-0.1, -0.05) is 140 Å². The molecule has 5 aromatic heterocycles. The fourth-order valence-corrected chi connectivity index (χ4v) is 9.66. The zero-order valence-corrected chi connectivity index (χ0v) is 31.1. The van der Waals surface area contributed by atoms with Gasteiger partial charge in [-0.05, 0) is 35.4 Å². The average molecular weight is 748 g/mol. The number of hydrogen-bond donors (Lipinski definition) is 0. The molecular weight excluding hydrogens is 719 g/mol. The van der Waals surface area contributed by atoms with Gasteiger partial charge in [0.05, 0.1) is 32.3 Å². The summed E-state index contributed by atoms with van der Waals surface area (Å²) in [6.45, 7) is 0. The molecule has 0 aliphatic heterocycles. The molecule has 0 spiro atoms. The number of para-hydroxylation sites is 3. The summed E-state index contributed by atoms with van der Waals surface area (Å²) in [6.07, 6.45) is 3.60. The predicted octanol–water partition coefficient (Wildman–Crippen LogP) is 12.2. The van der Waals surface area contributed by atoms with Gasteiger partial charge in [-0.3, -0.25) is 4.57 Å². The van der Waals surface area contributed by atoms with Gasteiger partial charge >= 0.3 is 0 Å². The van der Waals surface area contributed by atoms with E-state index in [1.165, 1.54) is 0 Å². The van der Waals surface area contributed by atoms with Gasteiger partial charge in [0, 0.05) is 54.6 Å². The first-order valence-electron chi connectivity index (χ1n) is 18.8. The second-order valence-electron chi connectivity index (χ2n) is 14.1. The number of thiophene rings is 1. The van der Waals surface area contributed by atoms with E-state index in [1.807, 2.05) is 30.5 Å². The maximum absolute atomic E-state index is 5.36. The summed E-state index contributed by atoms with van der Waals surface area (Å²) < 4.78 is 6.85. The number of hydrogen-bond acceptors (Lipinski definition) is 6. The normalized spacial score (nSPS) is 11.9. The van der Waals surface area contributed by atoms with Crippen LogP contribution in [0.15, 0.2) is 176 Å². The molecule has 0 radical (unpaired) electrons. The Morgan fingerprint density at radius 2 is 0.965 bits per heavy atom. The van der Waals surface area contributed by atoms with E-state index in [4.69, 9.17) is 19.9 Å². The third kappa shape index (κ3) is 4.81. The second-order valence-corrected chi connectivity index (χ2v) is 15.2. The maximum Gasteiger partial charge on any atom is 0.238 e. The summed E-state index contributed by atoms with van der Waals surface area (Å²) in [5, 5.41) is 5.62. The SMILES string of the molecule is c1ccc(-c2ccc(-c3nc(-c4ccccc4)nc(-n4c5ccccc5c5c6sc7cncnc7c6c6c(c7ccccc7n6-c6ccccc6)c54)n3)cc2)cc1. The lowest BCUT2D eigenvalue weighted by molar-refractivity contribution is 0.955. The number of nitrogens with zero attached hydrogens (tertiary/aromatic N) is 7. The summed E-state index contributed by atoms with van der Waals surface area (Å²) in [5.41, 5.74) is 10.4. The van der Waals surface area contributed by atoms with Gasteiger partial charge in [0.15, 0.2) is 11.6 Å². The van der Waals surface area contributed by atoms with Crippen LogP contribution in [0.4, 0.5) is 0 Å². The molecule has 0 saturated heterocycles. The summed E-state index contributed by atoms with van der Waals surface area (Å²) >= 11 is 1.74. The Hall–Kier alpha value is -7.55. The predicted molar refractivity (Wildman–Crippen MR) is 233 cm³/mol. The molecule has 7 aromatic carbocycles. The van der Waals surface area contributed by atoms with E-state index in [0.717, 1.165) is 91.9 Å². The van der Waals surface area contributed by atoms with E-state index in [1.54, 1.807) is 17.7 Å². The fourth-order valence-electron chi connectivity index (χ4n) is 8.47. The van der Waals surface area contributed by atoms with E-state index in [-0.39, 0.29) is 0 Å². The Labute approximate surface area is 329 Å². The third-order valence-electron chi connectivity index (χ3n) is 10.9. The van der Waals surface area contributed by atoms with E-state index in [0.29, 0.717) is 17.6 Å². The highest BCUT2D eigenvalue weighted by molar-refractivity contribution is 7.27. The van der Waals surface area contributed by atoms with Crippen molar-refractivity contribution in [2.75, 3.05) is 0 Å². The highest BCUT2D eigenvalue weighted by Crippen LogP contribution is 2.50. The van der Waals surface area contributed by atoms with Crippen molar-refractivity contribution in [1.82, 2.24) is 34.1 Å². The largest absolute Gasteiger partial charge is 0.308 e. The summed E-state index contributed by atoms with van der Waals surface area (Å²) in [6, 6.07) is 57.0. The molecule has 57 heavy (non-hydrogen) atoms. The van der Waals surface area contributed by atoms with Gasteiger partial charge in [-0.15, -0.1) is 11.3 Å². The molecule has 5 heterocycles. The highest BCUT2D eigenvalue weighted by atomic mass is 32.1. The van der Waals surface area contributed by atoms with Crippen molar-refractivity contribution in [3.05, 3.63) is 176 Å². The van der Waals surface area contributed by atoms with Gasteiger partial charge in [0.2, 0.25) is 5.95 Å². The fraction of sp³-hybridized carbons (Fsp3) is 0. The zero-order chi connectivity index (χ0) is 37.5. The highest BCUT2D eigenvalue weighted by Gasteiger charge is 2.28. The molecule has 8 heteroatoms. The molecule has 12 aromatic rings. The van der Waals surface area contributed by atoms with Crippen LogP contribution in [0.25, 0.3) is 109 Å². The molecule has 0 aliphatic rings. The molecule has 0 saturated carbocycles. The van der Waals surface area contributed by atoms with Crippen molar-refractivity contribution in [3.63, 3.8) is 0 Å². The number of fused-ring (bicyclic) bond motifs is 12. The molecule has 0 N–H and O–H groups in total. The number of aromatic nitrogens is 7. The first kappa shape index (κ1) is 31.8. The first-order chi connectivity index (χ1) is 28.3. The summed E-state index contributed by atoms with van der Waals surface area (Å²) in [4.78, 5) is 25.2. The summed E-state index contributed by atoms with van der Waals surface area (Å²) in [7, 11) is 0. The molecule has 0 bridgehead atoms. The van der Waals surface area contributed by atoms with Crippen LogP contribution < -0.4 is 0 Å². The molecule has 0 unspecified atom stereocenters. The van der Waals surface area contributed by atoms with Crippen molar-refractivity contribution in [1.29, 1.82) is 0 Å². The van der Waals surface area contributed by atoms with Crippen molar-refractivity contribution in [3.8, 4) is 45.5 Å². The molecular formula is C49H29N7S. The molecule has 0 fully saturated rings. The minimum atomic E-state index is 0.551.